The van der Waals surface area contributed by atoms with Crippen LogP contribution in [0.25, 0.3) is 0 Å². The third-order valence-electron chi connectivity index (χ3n) is 3.68. The highest BCUT2D eigenvalue weighted by molar-refractivity contribution is 6.32. The van der Waals surface area contributed by atoms with Crippen molar-refractivity contribution in [1.29, 1.82) is 0 Å². The number of carbonyl (C=O) groups excluding carboxylic acids is 1. The lowest BCUT2D eigenvalue weighted by molar-refractivity contribution is -0.127. The fourth-order valence-electron chi connectivity index (χ4n) is 2.27. The number of hydrogen-bond donors (Lipinski definition) is 1. The zero-order chi connectivity index (χ0) is 17.4. The number of anilines is 1. The van der Waals surface area contributed by atoms with Gasteiger partial charge in [0.25, 0.3) is 5.91 Å². The molecule has 1 amide bonds. The van der Waals surface area contributed by atoms with Crippen LogP contribution in [0.2, 0.25) is 5.02 Å². The minimum Gasteiger partial charge on any atom is -0.479 e. The molecule has 0 aromatic heterocycles. The molecule has 0 aliphatic heterocycles. The SMILES string of the molecule is C[C@@H](Oc1ccccc1Cl)C(=O)NCCCN(C)c1ccccc1. The smallest absolute Gasteiger partial charge is 0.260 e. The molecule has 2 rings (SSSR count). The third kappa shape index (κ3) is 5.46. The summed E-state index contributed by atoms with van der Waals surface area (Å²) in [5.41, 5.74) is 1.17. The summed E-state index contributed by atoms with van der Waals surface area (Å²) in [5, 5.41) is 3.40. The highest BCUT2D eigenvalue weighted by Crippen LogP contribution is 2.24. The Labute approximate surface area is 148 Å². The summed E-state index contributed by atoms with van der Waals surface area (Å²) in [6.45, 7) is 3.19. The normalized spacial score (nSPS) is 11.6. The molecule has 1 N–H and O–H groups in total. The number of nitrogens with one attached hydrogen (secondary N) is 1. The molecule has 1 atom stereocenters. The van der Waals surface area contributed by atoms with Gasteiger partial charge in [0.05, 0.1) is 5.02 Å². The number of benzene rings is 2. The Kier molecular flexibility index (Phi) is 6.94. The van der Waals surface area contributed by atoms with E-state index in [1.54, 1.807) is 19.1 Å². The second kappa shape index (κ2) is 9.18. The Balaban J connectivity index is 1.70. The van der Waals surface area contributed by atoms with Crippen molar-refractivity contribution in [2.75, 3.05) is 25.0 Å². The van der Waals surface area contributed by atoms with E-state index in [2.05, 4.69) is 22.3 Å². The lowest BCUT2D eigenvalue weighted by Crippen LogP contribution is -2.37. The van der Waals surface area contributed by atoms with Crippen LogP contribution < -0.4 is 15.0 Å². The summed E-state index contributed by atoms with van der Waals surface area (Å²) in [5.74, 6) is 0.378. The zero-order valence-electron chi connectivity index (χ0n) is 14.0. The van der Waals surface area contributed by atoms with Crippen LogP contribution >= 0.6 is 11.6 Å². The van der Waals surface area contributed by atoms with Gasteiger partial charge in [0.2, 0.25) is 0 Å². The molecule has 0 unspecified atom stereocenters. The predicted molar refractivity (Wildman–Crippen MR) is 98.9 cm³/mol. The lowest BCUT2D eigenvalue weighted by atomic mass is 10.3. The van der Waals surface area contributed by atoms with Crippen LogP contribution in [-0.4, -0.2) is 32.1 Å². The van der Waals surface area contributed by atoms with Crippen molar-refractivity contribution in [3.63, 3.8) is 0 Å². The number of halogens is 1. The van der Waals surface area contributed by atoms with Crippen LogP contribution in [0.1, 0.15) is 13.3 Å². The average molecular weight is 347 g/mol. The van der Waals surface area contributed by atoms with Gasteiger partial charge in [0.15, 0.2) is 6.10 Å². The van der Waals surface area contributed by atoms with E-state index < -0.39 is 6.10 Å². The summed E-state index contributed by atoms with van der Waals surface area (Å²) >= 11 is 6.03. The molecule has 0 bridgehead atoms. The van der Waals surface area contributed by atoms with E-state index in [0.717, 1.165) is 13.0 Å². The van der Waals surface area contributed by atoms with Crippen molar-refractivity contribution in [2.45, 2.75) is 19.4 Å². The van der Waals surface area contributed by atoms with E-state index in [4.69, 9.17) is 16.3 Å². The molecule has 0 saturated carbocycles. The third-order valence-corrected chi connectivity index (χ3v) is 3.99. The van der Waals surface area contributed by atoms with E-state index in [1.165, 1.54) is 5.69 Å². The second-order valence-corrected chi connectivity index (χ2v) is 6.00. The first-order chi connectivity index (χ1) is 11.6. The number of nitrogens with zero attached hydrogens (tertiary/aromatic N) is 1. The van der Waals surface area contributed by atoms with Crippen molar-refractivity contribution in [2.24, 2.45) is 0 Å². The van der Waals surface area contributed by atoms with Gasteiger partial charge in [-0.2, -0.15) is 0 Å². The molecule has 2 aromatic rings. The Hall–Kier alpha value is -2.20. The number of carbonyl (C=O) groups is 1. The molecule has 2 aromatic carbocycles. The van der Waals surface area contributed by atoms with Crippen LogP contribution in [0.15, 0.2) is 54.6 Å². The standard InChI is InChI=1S/C19H23ClN2O2/c1-15(24-18-12-7-6-11-17(18)20)19(23)21-13-8-14-22(2)16-9-4-3-5-10-16/h3-7,9-12,15H,8,13-14H2,1-2H3,(H,21,23)/t15-/m1/s1. The molecular weight excluding hydrogens is 324 g/mol. The van der Waals surface area contributed by atoms with E-state index in [9.17, 15) is 4.79 Å². The van der Waals surface area contributed by atoms with Gasteiger partial charge in [-0.05, 0) is 37.6 Å². The van der Waals surface area contributed by atoms with Gasteiger partial charge < -0.3 is 15.0 Å². The van der Waals surface area contributed by atoms with Gasteiger partial charge in [0, 0.05) is 25.8 Å². The molecule has 128 valence electrons. The second-order valence-electron chi connectivity index (χ2n) is 5.59. The van der Waals surface area contributed by atoms with Gasteiger partial charge in [-0.25, -0.2) is 0 Å². The lowest BCUT2D eigenvalue weighted by Gasteiger charge is -2.20. The minimum absolute atomic E-state index is 0.141. The Morgan fingerprint density at radius 1 is 1.17 bits per heavy atom. The molecule has 4 nitrogen and oxygen atoms in total. The maximum absolute atomic E-state index is 12.1. The monoisotopic (exact) mass is 346 g/mol. The van der Waals surface area contributed by atoms with Crippen molar-refractivity contribution in [3.8, 4) is 5.75 Å². The molecule has 24 heavy (non-hydrogen) atoms. The van der Waals surface area contributed by atoms with E-state index >= 15 is 0 Å². The van der Waals surface area contributed by atoms with Gasteiger partial charge in [-0.1, -0.05) is 41.9 Å². The molecule has 0 aliphatic carbocycles. The quantitative estimate of drug-likeness (QED) is 0.740. The van der Waals surface area contributed by atoms with Gasteiger partial charge in [0.1, 0.15) is 5.75 Å². The number of rotatable bonds is 8. The Bertz CT molecular complexity index is 649. The molecule has 5 heteroatoms. The molecule has 0 aliphatic rings. The highest BCUT2D eigenvalue weighted by atomic mass is 35.5. The average Bonchev–Trinajstić information content (AvgIpc) is 2.61. The van der Waals surface area contributed by atoms with Crippen LogP contribution in [0.3, 0.4) is 0 Å². The van der Waals surface area contributed by atoms with Crippen molar-refractivity contribution >= 4 is 23.2 Å². The molecule has 0 radical (unpaired) electrons. The van der Waals surface area contributed by atoms with Crippen LogP contribution in [0.5, 0.6) is 5.75 Å². The predicted octanol–water partition coefficient (Wildman–Crippen LogP) is 3.75. The Morgan fingerprint density at radius 2 is 1.83 bits per heavy atom. The first-order valence-corrected chi connectivity index (χ1v) is 8.41. The first kappa shape index (κ1) is 18.1. The van der Waals surface area contributed by atoms with Crippen LogP contribution in [-0.2, 0) is 4.79 Å². The van der Waals surface area contributed by atoms with Crippen molar-refractivity contribution in [1.82, 2.24) is 5.32 Å². The Morgan fingerprint density at radius 3 is 2.54 bits per heavy atom. The maximum Gasteiger partial charge on any atom is 0.260 e. The fraction of sp³-hybridized carbons (Fsp3) is 0.316. The van der Waals surface area contributed by atoms with E-state index in [-0.39, 0.29) is 5.91 Å². The molecular formula is C19H23ClN2O2. The number of hydrogen-bond acceptors (Lipinski definition) is 3. The van der Waals surface area contributed by atoms with Gasteiger partial charge >= 0.3 is 0 Å². The van der Waals surface area contributed by atoms with Gasteiger partial charge in [-0.3, -0.25) is 4.79 Å². The molecule has 0 saturated heterocycles. The maximum atomic E-state index is 12.1. The van der Waals surface area contributed by atoms with Crippen LogP contribution in [0.4, 0.5) is 5.69 Å². The first-order valence-electron chi connectivity index (χ1n) is 8.03. The fourth-order valence-corrected chi connectivity index (χ4v) is 2.45. The highest BCUT2D eigenvalue weighted by Gasteiger charge is 2.15. The summed E-state index contributed by atoms with van der Waals surface area (Å²) < 4.78 is 5.60. The topological polar surface area (TPSA) is 41.6 Å². The largest absolute Gasteiger partial charge is 0.479 e. The number of para-hydroxylation sites is 2. The van der Waals surface area contributed by atoms with Gasteiger partial charge in [-0.15, -0.1) is 0 Å². The molecule has 0 spiro atoms. The van der Waals surface area contributed by atoms with Crippen molar-refractivity contribution < 1.29 is 9.53 Å². The zero-order valence-corrected chi connectivity index (χ0v) is 14.8. The molecule has 0 heterocycles. The summed E-state index contributed by atoms with van der Waals surface area (Å²) in [6.07, 6.45) is 0.271. The van der Waals surface area contributed by atoms with Crippen LogP contribution in [0, 0.1) is 0 Å². The molecule has 0 fully saturated rings. The van der Waals surface area contributed by atoms with E-state index in [1.807, 2.05) is 37.4 Å². The summed E-state index contributed by atoms with van der Waals surface area (Å²) in [6, 6.07) is 17.3. The van der Waals surface area contributed by atoms with Crippen molar-refractivity contribution in [3.05, 3.63) is 59.6 Å². The summed E-state index contributed by atoms with van der Waals surface area (Å²) in [4.78, 5) is 14.2. The minimum atomic E-state index is -0.586. The number of ether oxygens (including phenoxy) is 1. The summed E-state index contributed by atoms with van der Waals surface area (Å²) in [7, 11) is 2.04. The number of amides is 1. The van der Waals surface area contributed by atoms with E-state index in [0.29, 0.717) is 17.3 Å².